The number of nitrogens with zero attached hydrogens (tertiary/aromatic N) is 2. The molecule has 0 saturated carbocycles. The van der Waals surface area contributed by atoms with E-state index in [-0.39, 0.29) is 22.8 Å². The molecule has 1 amide bonds. The number of anilines is 1. The van der Waals surface area contributed by atoms with Crippen LogP contribution in [-0.4, -0.2) is 55.1 Å². The van der Waals surface area contributed by atoms with Crippen LogP contribution in [0.1, 0.15) is 10.4 Å². The largest absolute Gasteiger partial charge is 0.369 e. The Morgan fingerprint density at radius 1 is 1.03 bits per heavy atom. The number of carbonyl (C=O) groups excluding carboxylic acids is 1. The summed E-state index contributed by atoms with van der Waals surface area (Å²) in [4.78, 5) is 31.8. The fourth-order valence-corrected chi connectivity index (χ4v) is 3.62. The van der Waals surface area contributed by atoms with E-state index in [1.807, 2.05) is 24.3 Å². The number of carbonyl (C=O) groups is 1. The molecule has 1 aliphatic rings. The molecule has 0 aliphatic carbocycles. The third kappa shape index (κ3) is 4.46. The first-order valence-electron chi connectivity index (χ1n) is 9.73. The number of H-pyrrole nitrogens is 1. The van der Waals surface area contributed by atoms with Crippen molar-refractivity contribution in [3.63, 3.8) is 0 Å². The summed E-state index contributed by atoms with van der Waals surface area (Å²) in [7, 11) is 0. The molecule has 6 nitrogen and oxygen atoms in total. The first kappa shape index (κ1) is 19.1. The molecule has 0 bridgehead atoms. The molecule has 1 saturated heterocycles. The van der Waals surface area contributed by atoms with Gasteiger partial charge in [0, 0.05) is 50.5 Å². The number of para-hydroxylation sites is 1. The van der Waals surface area contributed by atoms with Gasteiger partial charge < -0.3 is 15.2 Å². The molecule has 0 radical (unpaired) electrons. The Morgan fingerprint density at radius 2 is 1.76 bits per heavy atom. The highest BCUT2D eigenvalue weighted by Crippen LogP contribution is 2.16. The highest BCUT2D eigenvalue weighted by molar-refractivity contribution is 5.97. The van der Waals surface area contributed by atoms with Crippen LogP contribution in [0.4, 0.5) is 10.1 Å². The second kappa shape index (κ2) is 8.45. The van der Waals surface area contributed by atoms with Crippen molar-refractivity contribution < 1.29 is 9.18 Å². The van der Waals surface area contributed by atoms with Crippen molar-refractivity contribution in [2.75, 3.05) is 44.2 Å². The lowest BCUT2D eigenvalue weighted by Gasteiger charge is -2.36. The van der Waals surface area contributed by atoms with Gasteiger partial charge in [-0.15, -0.1) is 0 Å². The smallest absolute Gasteiger partial charge is 0.261 e. The van der Waals surface area contributed by atoms with Gasteiger partial charge in [-0.3, -0.25) is 14.5 Å². The van der Waals surface area contributed by atoms with E-state index >= 15 is 0 Å². The standard InChI is InChI=1S/C22H23FN4O2/c23-17-5-7-18(8-6-17)27-13-11-26(12-14-27)10-9-24-21(28)19-15-16-3-1-2-4-20(16)25-22(19)29/h1-8,15H,9-14H2,(H,24,28)(H,25,29). The van der Waals surface area contributed by atoms with Gasteiger partial charge in [-0.1, -0.05) is 18.2 Å². The van der Waals surface area contributed by atoms with E-state index in [4.69, 9.17) is 0 Å². The van der Waals surface area contributed by atoms with E-state index in [9.17, 15) is 14.0 Å². The Labute approximate surface area is 167 Å². The second-order valence-electron chi connectivity index (χ2n) is 7.16. The van der Waals surface area contributed by atoms with E-state index in [0.29, 0.717) is 18.6 Å². The molecule has 4 rings (SSSR count). The number of pyridine rings is 1. The summed E-state index contributed by atoms with van der Waals surface area (Å²) in [6.07, 6.45) is 0. The van der Waals surface area contributed by atoms with Gasteiger partial charge in [-0.05, 0) is 41.8 Å². The van der Waals surface area contributed by atoms with Crippen molar-refractivity contribution in [1.29, 1.82) is 0 Å². The Bertz CT molecular complexity index is 1060. The van der Waals surface area contributed by atoms with Crippen LogP contribution >= 0.6 is 0 Å². The zero-order valence-corrected chi connectivity index (χ0v) is 16.0. The third-order valence-electron chi connectivity index (χ3n) is 5.28. The fraction of sp³-hybridized carbons (Fsp3) is 0.273. The number of benzene rings is 2. The third-order valence-corrected chi connectivity index (χ3v) is 5.28. The number of aromatic amines is 1. The van der Waals surface area contributed by atoms with Crippen molar-refractivity contribution in [3.8, 4) is 0 Å². The highest BCUT2D eigenvalue weighted by Gasteiger charge is 2.18. The number of halogens is 1. The van der Waals surface area contributed by atoms with E-state index in [1.165, 1.54) is 12.1 Å². The number of aromatic nitrogens is 1. The quantitative estimate of drug-likeness (QED) is 0.696. The molecule has 0 atom stereocenters. The zero-order chi connectivity index (χ0) is 20.2. The van der Waals surface area contributed by atoms with E-state index in [2.05, 4.69) is 20.1 Å². The lowest BCUT2D eigenvalue weighted by Crippen LogP contribution is -2.48. The van der Waals surface area contributed by atoms with Crippen LogP contribution in [0.25, 0.3) is 10.9 Å². The summed E-state index contributed by atoms with van der Waals surface area (Å²) in [5.74, 6) is -0.588. The van der Waals surface area contributed by atoms with E-state index in [0.717, 1.165) is 37.3 Å². The average molecular weight is 394 g/mol. The lowest BCUT2D eigenvalue weighted by molar-refractivity contribution is 0.0946. The first-order valence-corrected chi connectivity index (χ1v) is 9.73. The van der Waals surface area contributed by atoms with Crippen LogP contribution in [0.3, 0.4) is 0 Å². The molecule has 150 valence electrons. The SMILES string of the molecule is O=C(NCCN1CCN(c2ccc(F)cc2)CC1)c1cc2ccccc2[nH]c1=O. The predicted octanol–water partition coefficient (Wildman–Crippen LogP) is 2.22. The van der Waals surface area contributed by atoms with Gasteiger partial charge in [0.25, 0.3) is 11.5 Å². The molecule has 3 aromatic rings. The summed E-state index contributed by atoms with van der Waals surface area (Å²) in [6.45, 7) is 4.62. The van der Waals surface area contributed by atoms with Gasteiger partial charge in [0.1, 0.15) is 11.4 Å². The van der Waals surface area contributed by atoms with Gasteiger partial charge in [0.2, 0.25) is 0 Å². The summed E-state index contributed by atoms with van der Waals surface area (Å²) < 4.78 is 13.1. The Hall–Kier alpha value is -3.19. The number of piperazine rings is 1. The number of amides is 1. The van der Waals surface area contributed by atoms with Crippen molar-refractivity contribution in [2.45, 2.75) is 0 Å². The topological polar surface area (TPSA) is 68.4 Å². The molecule has 1 aliphatic heterocycles. The molecule has 2 aromatic carbocycles. The molecule has 2 N–H and O–H groups in total. The molecule has 29 heavy (non-hydrogen) atoms. The van der Waals surface area contributed by atoms with Crippen LogP contribution in [0, 0.1) is 5.82 Å². The van der Waals surface area contributed by atoms with Gasteiger partial charge in [-0.25, -0.2) is 4.39 Å². The maximum Gasteiger partial charge on any atom is 0.261 e. The van der Waals surface area contributed by atoms with Crippen molar-refractivity contribution >= 4 is 22.5 Å². The molecular weight excluding hydrogens is 371 g/mol. The number of nitrogens with one attached hydrogen (secondary N) is 2. The molecule has 2 heterocycles. The minimum absolute atomic E-state index is 0.129. The van der Waals surface area contributed by atoms with Crippen molar-refractivity contribution in [2.24, 2.45) is 0 Å². The van der Waals surface area contributed by atoms with Gasteiger partial charge in [-0.2, -0.15) is 0 Å². The van der Waals surface area contributed by atoms with Crippen LogP contribution in [0.15, 0.2) is 59.4 Å². The van der Waals surface area contributed by atoms with Gasteiger partial charge in [0.05, 0.1) is 0 Å². The summed E-state index contributed by atoms with van der Waals surface area (Å²) in [5, 5.41) is 3.67. The van der Waals surface area contributed by atoms with Crippen LogP contribution < -0.4 is 15.8 Å². The van der Waals surface area contributed by atoms with Crippen LogP contribution in [0.2, 0.25) is 0 Å². The Kier molecular flexibility index (Phi) is 5.57. The van der Waals surface area contributed by atoms with Crippen molar-refractivity contribution in [1.82, 2.24) is 15.2 Å². The van der Waals surface area contributed by atoms with Gasteiger partial charge in [0.15, 0.2) is 0 Å². The molecule has 1 aromatic heterocycles. The van der Waals surface area contributed by atoms with Crippen molar-refractivity contribution in [3.05, 3.63) is 76.3 Å². The van der Waals surface area contributed by atoms with Crippen LogP contribution in [-0.2, 0) is 0 Å². The fourth-order valence-electron chi connectivity index (χ4n) is 3.62. The number of hydrogen-bond donors (Lipinski definition) is 2. The number of hydrogen-bond acceptors (Lipinski definition) is 4. The molecule has 0 unspecified atom stereocenters. The summed E-state index contributed by atoms with van der Waals surface area (Å²) in [6, 6.07) is 15.6. The number of fused-ring (bicyclic) bond motifs is 1. The second-order valence-corrected chi connectivity index (χ2v) is 7.16. The predicted molar refractivity (Wildman–Crippen MR) is 112 cm³/mol. The molecule has 7 heteroatoms. The highest BCUT2D eigenvalue weighted by atomic mass is 19.1. The average Bonchev–Trinajstić information content (AvgIpc) is 2.74. The van der Waals surface area contributed by atoms with Crippen LogP contribution in [0.5, 0.6) is 0 Å². The Balaban J connectivity index is 1.27. The lowest BCUT2D eigenvalue weighted by atomic mass is 10.1. The van der Waals surface area contributed by atoms with E-state index in [1.54, 1.807) is 18.2 Å². The maximum absolute atomic E-state index is 13.1. The maximum atomic E-state index is 13.1. The zero-order valence-electron chi connectivity index (χ0n) is 16.0. The minimum atomic E-state index is -0.380. The molecular formula is C22H23FN4O2. The molecule has 0 spiro atoms. The number of rotatable bonds is 5. The summed E-state index contributed by atoms with van der Waals surface area (Å²) in [5.41, 5.74) is 1.49. The minimum Gasteiger partial charge on any atom is -0.369 e. The molecule has 1 fully saturated rings. The summed E-state index contributed by atoms with van der Waals surface area (Å²) >= 11 is 0. The van der Waals surface area contributed by atoms with E-state index < -0.39 is 0 Å². The Morgan fingerprint density at radius 3 is 2.52 bits per heavy atom. The monoisotopic (exact) mass is 394 g/mol. The van der Waals surface area contributed by atoms with Gasteiger partial charge >= 0.3 is 0 Å². The first-order chi connectivity index (χ1) is 14.1. The normalized spacial score (nSPS) is 14.9.